The monoisotopic (exact) mass is 203 g/mol. The van der Waals surface area contributed by atoms with E-state index in [9.17, 15) is 4.79 Å². The Balaban J connectivity index is 2.23. The highest BCUT2D eigenvalue weighted by atomic mass is 16.4. The van der Waals surface area contributed by atoms with Gasteiger partial charge in [0, 0.05) is 19.2 Å². The predicted octanol–water partition coefficient (Wildman–Crippen LogP) is 1.73. The van der Waals surface area contributed by atoms with Crippen LogP contribution in [0.25, 0.3) is 6.08 Å². The summed E-state index contributed by atoms with van der Waals surface area (Å²) in [6.07, 6.45) is 2.79. The molecule has 0 amide bonds. The molecule has 1 aliphatic rings. The van der Waals surface area contributed by atoms with Crippen LogP contribution >= 0.6 is 0 Å². The van der Waals surface area contributed by atoms with E-state index in [1.54, 1.807) is 6.08 Å². The summed E-state index contributed by atoms with van der Waals surface area (Å²) in [5, 5.41) is 8.52. The Labute approximate surface area is 88.6 Å². The molecule has 0 aromatic heterocycles. The minimum atomic E-state index is -0.910. The average molecular weight is 203 g/mol. The summed E-state index contributed by atoms with van der Waals surface area (Å²) in [6.45, 7) is 1.93. The molecule has 0 saturated carbocycles. The number of hydrogen-bond acceptors (Lipinski definition) is 2. The van der Waals surface area contributed by atoms with Gasteiger partial charge in [0.25, 0.3) is 0 Å². The number of benzene rings is 1. The highest BCUT2D eigenvalue weighted by Crippen LogP contribution is 2.22. The summed E-state index contributed by atoms with van der Waals surface area (Å²) < 4.78 is 0. The van der Waals surface area contributed by atoms with Gasteiger partial charge in [-0.3, -0.25) is 4.90 Å². The summed E-state index contributed by atoms with van der Waals surface area (Å²) in [7, 11) is 2.08. The van der Waals surface area contributed by atoms with E-state index in [0.29, 0.717) is 0 Å². The van der Waals surface area contributed by atoms with E-state index in [1.165, 1.54) is 17.2 Å². The highest BCUT2D eigenvalue weighted by Gasteiger charge is 2.14. The number of fused-ring (bicyclic) bond motifs is 1. The summed E-state index contributed by atoms with van der Waals surface area (Å²) in [5.74, 6) is -0.910. The van der Waals surface area contributed by atoms with Crippen molar-refractivity contribution in [3.63, 3.8) is 0 Å². The van der Waals surface area contributed by atoms with Crippen molar-refractivity contribution < 1.29 is 9.90 Å². The Hall–Kier alpha value is -1.61. The molecule has 0 bridgehead atoms. The fourth-order valence-electron chi connectivity index (χ4n) is 1.86. The number of hydrogen-bond donors (Lipinski definition) is 1. The van der Waals surface area contributed by atoms with Crippen LogP contribution in [0.15, 0.2) is 24.3 Å². The van der Waals surface area contributed by atoms with Gasteiger partial charge in [0.15, 0.2) is 0 Å². The van der Waals surface area contributed by atoms with E-state index in [2.05, 4.69) is 24.1 Å². The Morgan fingerprint density at radius 3 is 2.87 bits per heavy atom. The van der Waals surface area contributed by atoms with E-state index in [4.69, 9.17) is 5.11 Å². The molecule has 0 spiro atoms. The lowest BCUT2D eigenvalue weighted by Crippen LogP contribution is -2.07. The highest BCUT2D eigenvalue weighted by molar-refractivity contribution is 5.85. The van der Waals surface area contributed by atoms with Crippen molar-refractivity contribution in [2.45, 2.75) is 13.1 Å². The molecule has 15 heavy (non-hydrogen) atoms. The van der Waals surface area contributed by atoms with Gasteiger partial charge in [-0.05, 0) is 29.8 Å². The number of carbonyl (C=O) groups is 1. The van der Waals surface area contributed by atoms with Gasteiger partial charge in [0.05, 0.1) is 0 Å². The predicted molar refractivity (Wildman–Crippen MR) is 58.3 cm³/mol. The van der Waals surface area contributed by atoms with E-state index in [-0.39, 0.29) is 0 Å². The molecule has 0 atom stereocenters. The van der Waals surface area contributed by atoms with Crippen LogP contribution in [0.5, 0.6) is 0 Å². The molecular weight excluding hydrogens is 190 g/mol. The van der Waals surface area contributed by atoms with Crippen molar-refractivity contribution in [2.75, 3.05) is 7.05 Å². The van der Waals surface area contributed by atoms with Crippen molar-refractivity contribution in [2.24, 2.45) is 0 Å². The van der Waals surface area contributed by atoms with E-state index in [0.717, 1.165) is 18.7 Å². The topological polar surface area (TPSA) is 40.5 Å². The fraction of sp³-hybridized carbons (Fsp3) is 0.250. The van der Waals surface area contributed by atoms with Crippen LogP contribution in [-0.2, 0) is 17.9 Å². The van der Waals surface area contributed by atoms with E-state index < -0.39 is 5.97 Å². The third kappa shape index (κ3) is 2.25. The number of rotatable bonds is 2. The molecule has 78 valence electrons. The van der Waals surface area contributed by atoms with Crippen molar-refractivity contribution in [3.05, 3.63) is 41.0 Å². The summed E-state index contributed by atoms with van der Waals surface area (Å²) in [5.41, 5.74) is 3.58. The molecule has 1 aromatic rings. The molecule has 0 fully saturated rings. The second-order valence-corrected chi connectivity index (χ2v) is 3.87. The average Bonchev–Trinajstić information content (AvgIpc) is 2.53. The first kappa shape index (κ1) is 9.93. The number of carboxylic acids is 1. The van der Waals surface area contributed by atoms with Gasteiger partial charge < -0.3 is 5.11 Å². The molecule has 0 saturated heterocycles. The van der Waals surface area contributed by atoms with Crippen LogP contribution in [0, 0.1) is 0 Å². The molecule has 0 aliphatic carbocycles. The van der Waals surface area contributed by atoms with Gasteiger partial charge in [0.2, 0.25) is 0 Å². The molecule has 1 aliphatic heterocycles. The first-order valence-electron chi connectivity index (χ1n) is 4.86. The first-order chi connectivity index (χ1) is 7.15. The lowest BCUT2D eigenvalue weighted by atomic mass is 10.1. The Kier molecular flexibility index (Phi) is 2.56. The molecule has 0 unspecified atom stereocenters. The molecule has 1 heterocycles. The Morgan fingerprint density at radius 2 is 2.13 bits per heavy atom. The van der Waals surface area contributed by atoms with Gasteiger partial charge in [-0.1, -0.05) is 18.2 Å². The Morgan fingerprint density at radius 1 is 1.40 bits per heavy atom. The van der Waals surface area contributed by atoms with Gasteiger partial charge in [-0.15, -0.1) is 0 Å². The fourth-order valence-corrected chi connectivity index (χ4v) is 1.86. The van der Waals surface area contributed by atoms with Crippen LogP contribution in [0.1, 0.15) is 16.7 Å². The van der Waals surface area contributed by atoms with Crippen LogP contribution < -0.4 is 0 Å². The van der Waals surface area contributed by atoms with Crippen molar-refractivity contribution >= 4 is 12.0 Å². The van der Waals surface area contributed by atoms with Crippen LogP contribution in [-0.4, -0.2) is 23.0 Å². The summed E-state index contributed by atoms with van der Waals surface area (Å²) >= 11 is 0. The zero-order chi connectivity index (χ0) is 10.8. The molecule has 3 heteroatoms. The minimum absolute atomic E-state index is 0.910. The van der Waals surface area contributed by atoms with Crippen LogP contribution in [0.4, 0.5) is 0 Å². The second-order valence-electron chi connectivity index (χ2n) is 3.87. The third-order valence-electron chi connectivity index (χ3n) is 2.53. The largest absolute Gasteiger partial charge is 0.478 e. The smallest absolute Gasteiger partial charge is 0.328 e. The molecule has 1 N–H and O–H groups in total. The van der Waals surface area contributed by atoms with Crippen molar-refractivity contribution in [1.29, 1.82) is 0 Å². The summed E-state index contributed by atoms with van der Waals surface area (Å²) in [6, 6.07) is 6.08. The van der Waals surface area contributed by atoms with Gasteiger partial charge in [-0.2, -0.15) is 0 Å². The first-order valence-corrected chi connectivity index (χ1v) is 4.86. The number of nitrogens with zero attached hydrogens (tertiary/aromatic N) is 1. The van der Waals surface area contributed by atoms with Crippen molar-refractivity contribution in [3.8, 4) is 0 Å². The van der Waals surface area contributed by atoms with Gasteiger partial charge in [-0.25, -0.2) is 4.79 Å². The number of aliphatic carboxylic acids is 1. The maximum atomic E-state index is 10.4. The Bertz CT molecular complexity index is 424. The lowest BCUT2D eigenvalue weighted by molar-refractivity contribution is -0.131. The van der Waals surface area contributed by atoms with Gasteiger partial charge >= 0.3 is 5.97 Å². The zero-order valence-corrected chi connectivity index (χ0v) is 8.60. The van der Waals surface area contributed by atoms with E-state index >= 15 is 0 Å². The third-order valence-corrected chi connectivity index (χ3v) is 2.53. The normalized spacial score (nSPS) is 15.8. The van der Waals surface area contributed by atoms with Gasteiger partial charge in [0.1, 0.15) is 0 Å². The standard InChI is InChI=1S/C12H13NO2/c1-13-7-10-4-2-9(3-5-12(14)15)6-11(10)8-13/h2-6H,7-8H2,1H3,(H,14,15)/b5-3+. The molecule has 2 rings (SSSR count). The minimum Gasteiger partial charge on any atom is -0.478 e. The van der Waals surface area contributed by atoms with E-state index in [1.807, 2.05) is 6.07 Å². The van der Waals surface area contributed by atoms with Crippen molar-refractivity contribution in [1.82, 2.24) is 4.90 Å². The maximum absolute atomic E-state index is 10.4. The maximum Gasteiger partial charge on any atom is 0.328 e. The molecular formula is C12H13NO2. The zero-order valence-electron chi connectivity index (χ0n) is 8.60. The quantitative estimate of drug-likeness (QED) is 0.744. The van der Waals surface area contributed by atoms with Crippen LogP contribution in [0.3, 0.4) is 0 Å². The SMILES string of the molecule is CN1Cc2ccc(/C=C/C(=O)O)cc2C1. The molecule has 1 aromatic carbocycles. The lowest BCUT2D eigenvalue weighted by Gasteiger charge is -2.02. The van der Waals surface area contributed by atoms with Crippen LogP contribution in [0.2, 0.25) is 0 Å². The second kappa shape index (κ2) is 3.87. The summed E-state index contributed by atoms with van der Waals surface area (Å²) in [4.78, 5) is 12.6. The molecule has 0 radical (unpaired) electrons. The number of carboxylic acid groups (broad SMARTS) is 1. The molecule has 3 nitrogen and oxygen atoms in total.